The van der Waals surface area contributed by atoms with Crippen molar-refractivity contribution < 1.29 is 0 Å². The smallest absolute Gasteiger partial charge is 0.100 e. The molecule has 0 aliphatic carbocycles. The summed E-state index contributed by atoms with van der Waals surface area (Å²) in [6.45, 7) is 0. The molecule has 5 aromatic rings. The number of hydrogen-bond acceptors (Lipinski definition) is 2. The van der Waals surface area contributed by atoms with Crippen LogP contribution in [0.3, 0.4) is 0 Å². The summed E-state index contributed by atoms with van der Waals surface area (Å²) in [4.78, 5) is 4.52. The third-order valence-corrected chi connectivity index (χ3v) is 5.17. The maximum Gasteiger partial charge on any atom is 0.100 e. The minimum Gasteiger partial charge on any atom is -0.299 e. The van der Waals surface area contributed by atoms with Crippen LogP contribution in [0.4, 0.5) is 0 Å². The molecule has 0 bridgehead atoms. The summed E-state index contributed by atoms with van der Waals surface area (Å²) in [6.07, 6.45) is 3.62. The van der Waals surface area contributed by atoms with Crippen LogP contribution in [0, 0.1) is 0 Å². The monoisotopic (exact) mass is 404 g/mol. The van der Waals surface area contributed by atoms with E-state index in [9.17, 15) is 0 Å². The quantitative estimate of drug-likeness (QED) is 0.359. The van der Waals surface area contributed by atoms with Gasteiger partial charge in [-0.2, -0.15) is 5.10 Å². The van der Waals surface area contributed by atoms with E-state index in [1.54, 1.807) is 6.20 Å². The van der Waals surface area contributed by atoms with E-state index in [0.717, 1.165) is 33.7 Å². The molecule has 5 rings (SSSR count). The fraction of sp³-hybridized carbons (Fsp3) is 0. The molecule has 136 valence electrons. The standard InChI is InChI=1S/C22H14Cl2N4/c23-16-2-6-18(7-3-16)27-14-25-20-10-1-15(13-22(20)27)21-11-12-26-28(21)19-8-4-17(24)5-9-19/h1-14H. The van der Waals surface area contributed by atoms with Gasteiger partial charge in [0.2, 0.25) is 0 Å². The van der Waals surface area contributed by atoms with E-state index in [2.05, 4.69) is 26.8 Å². The molecule has 28 heavy (non-hydrogen) atoms. The summed E-state index contributed by atoms with van der Waals surface area (Å²) >= 11 is 12.0. The van der Waals surface area contributed by atoms with Gasteiger partial charge >= 0.3 is 0 Å². The molecule has 3 aromatic carbocycles. The van der Waals surface area contributed by atoms with Crippen molar-refractivity contribution in [3.63, 3.8) is 0 Å². The van der Waals surface area contributed by atoms with Crippen molar-refractivity contribution >= 4 is 34.2 Å². The van der Waals surface area contributed by atoms with Crippen LogP contribution >= 0.6 is 23.2 Å². The van der Waals surface area contributed by atoms with E-state index in [0.29, 0.717) is 10.0 Å². The highest BCUT2D eigenvalue weighted by molar-refractivity contribution is 6.30. The van der Waals surface area contributed by atoms with Gasteiger partial charge in [0.05, 0.1) is 28.6 Å². The van der Waals surface area contributed by atoms with Crippen molar-refractivity contribution in [1.82, 2.24) is 19.3 Å². The van der Waals surface area contributed by atoms with E-state index in [4.69, 9.17) is 23.2 Å². The van der Waals surface area contributed by atoms with Gasteiger partial charge in [0.1, 0.15) is 6.33 Å². The number of halogens is 2. The highest BCUT2D eigenvalue weighted by atomic mass is 35.5. The lowest BCUT2D eigenvalue weighted by Gasteiger charge is -2.09. The summed E-state index contributed by atoms with van der Waals surface area (Å²) in [5.41, 5.74) is 5.95. The third-order valence-electron chi connectivity index (χ3n) is 4.66. The number of fused-ring (bicyclic) bond motifs is 1. The van der Waals surface area contributed by atoms with Gasteiger partial charge in [-0.3, -0.25) is 4.57 Å². The maximum absolute atomic E-state index is 6.03. The van der Waals surface area contributed by atoms with Crippen LogP contribution in [0.5, 0.6) is 0 Å². The molecule has 0 fully saturated rings. The molecule has 0 N–H and O–H groups in total. The summed E-state index contributed by atoms with van der Waals surface area (Å²) in [6, 6.07) is 23.6. The van der Waals surface area contributed by atoms with Crippen molar-refractivity contribution in [2.24, 2.45) is 0 Å². The fourth-order valence-electron chi connectivity index (χ4n) is 3.28. The average Bonchev–Trinajstić information content (AvgIpc) is 3.36. The molecule has 0 amide bonds. The Morgan fingerprint density at radius 3 is 2.11 bits per heavy atom. The Hall–Kier alpha value is -3.08. The lowest BCUT2D eigenvalue weighted by atomic mass is 10.1. The summed E-state index contributed by atoms with van der Waals surface area (Å²) < 4.78 is 3.96. The molecule has 2 heterocycles. The summed E-state index contributed by atoms with van der Waals surface area (Å²) in [7, 11) is 0. The SMILES string of the molecule is Clc1ccc(-n2nccc2-c2ccc3ncn(-c4ccc(Cl)cc4)c3c2)cc1. The summed E-state index contributed by atoms with van der Waals surface area (Å²) in [5.74, 6) is 0. The highest BCUT2D eigenvalue weighted by Gasteiger charge is 2.11. The van der Waals surface area contributed by atoms with Crippen molar-refractivity contribution in [3.05, 3.63) is 95.4 Å². The first-order chi connectivity index (χ1) is 13.7. The molecule has 0 unspecified atom stereocenters. The second-order valence-electron chi connectivity index (χ2n) is 6.40. The molecule has 0 saturated heterocycles. The van der Waals surface area contributed by atoms with Crippen LogP contribution in [0.15, 0.2) is 85.3 Å². The first kappa shape index (κ1) is 17.0. The molecule has 4 nitrogen and oxygen atoms in total. The Morgan fingerprint density at radius 2 is 1.39 bits per heavy atom. The topological polar surface area (TPSA) is 35.6 Å². The zero-order valence-corrected chi connectivity index (χ0v) is 16.1. The van der Waals surface area contributed by atoms with Crippen molar-refractivity contribution in [2.75, 3.05) is 0 Å². The lowest BCUT2D eigenvalue weighted by molar-refractivity contribution is 0.888. The molecule has 2 aromatic heterocycles. The number of hydrogen-bond donors (Lipinski definition) is 0. The van der Waals surface area contributed by atoms with Crippen LogP contribution in [-0.2, 0) is 0 Å². The van der Waals surface area contributed by atoms with Crippen LogP contribution in [0.1, 0.15) is 0 Å². The van der Waals surface area contributed by atoms with Gasteiger partial charge < -0.3 is 0 Å². The maximum atomic E-state index is 6.03. The van der Waals surface area contributed by atoms with Crippen LogP contribution in [0.2, 0.25) is 10.0 Å². The number of imidazole rings is 1. The highest BCUT2D eigenvalue weighted by Crippen LogP contribution is 2.28. The van der Waals surface area contributed by atoms with E-state index >= 15 is 0 Å². The molecular weight excluding hydrogens is 391 g/mol. The Morgan fingerprint density at radius 1 is 0.714 bits per heavy atom. The Labute approximate surface area is 171 Å². The van der Waals surface area contributed by atoms with E-state index in [1.165, 1.54) is 0 Å². The molecule has 6 heteroatoms. The second-order valence-corrected chi connectivity index (χ2v) is 7.27. The molecule has 0 spiro atoms. The number of rotatable bonds is 3. The molecular formula is C22H14Cl2N4. The summed E-state index contributed by atoms with van der Waals surface area (Å²) in [5, 5.41) is 5.90. The lowest BCUT2D eigenvalue weighted by Crippen LogP contribution is -1.99. The first-order valence-corrected chi connectivity index (χ1v) is 9.48. The van der Waals surface area contributed by atoms with Gasteiger partial charge in [0, 0.05) is 21.3 Å². The van der Waals surface area contributed by atoms with Crippen LogP contribution in [0.25, 0.3) is 33.7 Å². The van der Waals surface area contributed by atoms with Crippen molar-refractivity contribution in [2.45, 2.75) is 0 Å². The largest absolute Gasteiger partial charge is 0.299 e. The van der Waals surface area contributed by atoms with Crippen molar-refractivity contribution in [1.29, 1.82) is 0 Å². The fourth-order valence-corrected chi connectivity index (χ4v) is 3.54. The second kappa shape index (κ2) is 6.82. The Balaban J connectivity index is 1.63. The predicted octanol–water partition coefficient (Wildman–Crippen LogP) is 6.19. The third kappa shape index (κ3) is 2.97. The van der Waals surface area contributed by atoms with E-state index in [1.807, 2.05) is 71.7 Å². The molecule has 0 atom stereocenters. The molecule has 0 saturated carbocycles. The zero-order chi connectivity index (χ0) is 19.1. The van der Waals surface area contributed by atoms with Gasteiger partial charge in [0.15, 0.2) is 0 Å². The van der Waals surface area contributed by atoms with Crippen LogP contribution < -0.4 is 0 Å². The number of aromatic nitrogens is 4. The number of nitrogens with zero attached hydrogens (tertiary/aromatic N) is 4. The predicted molar refractivity (Wildman–Crippen MR) is 114 cm³/mol. The van der Waals surface area contributed by atoms with Gasteiger partial charge in [-0.15, -0.1) is 0 Å². The van der Waals surface area contributed by atoms with Gasteiger partial charge in [-0.05, 0) is 66.7 Å². The van der Waals surface area contributed by atoms with Gasteiger partial charge in [-0.1, -0.05) is 29.3 Å². The Kier molecular flexibility index (Phi) is 4.15. The molecule has 0 radical (unpaired) electrons. The molecule has 0 aliphatic rings. The van der Waals surface area contributed by atoms with Gasteiger partial charge in [-0.25, -0.2) is 9.67 Å². The first-order valence-electron chi connectivity index (χ1n) is 8.72. The number of benzene rings is 3. The van der Waals surface area contributed by atoms with E-state index < -0.39 is 0 Å². The van der Waals surface area contributed by atoms with Crippen LogP contribution in [-0.4, -0.2) is 19.3 Å². The van der Waals surface area contributed by atoms with E-state index in [-0.39, 0.29) is 0 Å². The molecule has 0 aliphatic heterocycles. The minimum absolute atomic E-state index is 0.700. The normalized spacial score (nSPS) is 11.2. The minimum atomic E-state index is 0.700. The zero-order valence-electron chi connectivity index (χ0n) is 14.6. The Bertz CT molecular complexity index is 1270. The average molecular weight is 405 g/mol. The van der Waals surface area contributed by atoms with Crippen molar-refractivity contribution in [3.8, 4) is 22.6 Å². The van der Waals surface area contributed by atoms with Gasteiger partial charge in [0.25, 0.3) is 0 Å².